The van der Waals surface area contributed by atoms with Gasteiger partial charge in [0.25, 0.3) is 0 Å². The van der Waals surface area contributed by atoms with Gasteiger partial charge in [-0.15, -0.1) is 0 Å². The van der Waals surface area contributed by atoms with Gasteiger partial charge >= 0.3 is 0 Å². The van der Waals surface area contributed by atoms with Gasteiger partial charge in [-0.2, -0.15) is 5.10 Å². The summed E-state index contributed by atoms with van der Waals surface area (Å²) in [7, 11) is 1.64. The van der Waals surface area contributed by atoms with E-state index < -0.39 is 0 Å². The molecule has 0 aliphatic carbocycles. The predicted molar refractivity (Wildman–Crippen MR) is 78.3 cm³/mol. The lowest BCUT2D eigenvalue weighted by molar-refractivity contribution is 0.0964. The van der Waals surface area contributed by atoms with Crippen LogP contribution in [0.2, 0.25) is 0 Å². The number of ether oxygens (including phenoxy) is 1. The molecule has 1 heterocycles. The molecule has 2 N–H and O–H groups in total. The van der Waals surface area contributed by atoms with Crippen molar-refractivity contribution >= 4 is 21.7 Å². The zero-order chi connectivity index (χ0) is 14.1. The maximum Gasteiger partial charge on any atom is 0.182 e. The van der Waals surface area contributed by atoms with Gasteiger partial charge in [0.1, 0.15) is 5.69 Å². The Hall–Kier alpha value is -0.720. The molecule has 0 saturated carbocycles. The molecule has 0 fully saturated rings. The maximum absolute atomic E-state index is 12.2. The molecule has 0 amide bonds. The van der Waals surface area contributed by atoms with E-state index in [9.17, 15) is 4.79 Å². The minimum Gasteiger partial charge on any atom is -0.383 e. The first-order chi connectivity index (χ1) is 9.20. The molecular weight excluding hydrogens is 310 g/mol. The van der Waals surface area contributed by atoms with E-state index in [4.69, 9.17) is 10.5 Å². The van der Waals surface area contributed by atoms with Crippen molar-refractivity contribution in [1.82, 2.24) is 9.78 Å². The fourth-order valence-corrected chi connectivity index (χ4v) is 2.41. The Kier molecular flexibility index (Phi) is 7.93. The van der Waals surface area contributed by atoms with Crippen molar-refractivity contribution in [3.8, 4) is 0 Å². The lowest BCUT2D eigenvalue weighted by Gasteiger charge is -2.07. The Morgan fingerprint density at radius 3 is 2.84 bits per heavy atom. The molecule has 1 rings (SSSR count). The number of hydrogen-bond donors (Lipinski definition) is 1. The quantitative estimate of drug-likeness (QED) is 0.528. The van der Waals surface area contributed by atoms with E-state index in [2.05, 4.69) is 21.0 Å². The summed E-state index contributed by atoms with van der Waals surface area (Å²) in [5, 5.41) is 4.18. The molecule has 0 unspecified atom stereocenters. The van der Waals surface area contributed by atoms with Gasteiger partial charge in [0.05, 0.1) is 23.8 Å². The second kappa shape index (κ2) is 9.23. The van der Waals surface area contributed by atoms with Crippen LogP contribution in [0.4, 0.5) is 0 Å². The largest absolute Gasteiger partial charge is 0.383 e. The third-order valence-electron chi connectivity index (χ3n) is 2.92. The van der Waals surface area contributed by atoms with E-state index in [1.54, 1.807) is 18.0 Å². The van der Waals surface area contributed by atoms with Crippen LogP contribution in [0.25, 0.3) is 0 Å². The van der Waals surface area contributed by atoms with E-state index in [1.165, 1.54) is 0 Å². The topological polar surface area (TPSA) is 70.1 Å². The van der Waals surface area contributed by atoms with Gasteiger partial charge in [-0.3, -0.25) is 9.48 Å². The van der Waals surface area contributed by atoms with Crippen LogP contribution in [0, 0.1) is 0 Å². The van der Waals surface area contributed by atoms with Crippen molar-refractivity contribution in [2.24, 2.45) is 5.73 Å². The Morgan fingerprint density at radius 2 is 2.16 bits per heavy atom. The highest BCUT2D eigenvalue weighted by atomic mass is 79.9. The van der Waals surface area contributed by atoms with Gasteiger partial charge in [0.15, 0.2) is 5.78 Å². The number of rotatable bonds is 10. The molecule has 108 valence electrons. The molecule has 6 heteroatoms. The molecule has 0 aliphatic rings. The minimum absolute atomic E-state index is 0.133. The van der Waals surface area contributed by atoms with Gasteiger partial charge in [-0.05, 0) is 35.3 Å². The zero-order valence-corrected chi connectivity index (χ0v) is 13.0. The molecule has 0 bridgehead atoms. The third-order valence-corrected chi connectivity index (χ3v) is 3.50. The standard InChI is InChI=1S/C13H22BrN3O2/c1-19-9-8-17-13(11(14)10-16-17)12(18)6-4-2-3-5-7-15/h10H,2-9,15H2,1H3. The van der Waals surface area contributed by atoms with Crippen LogP contribution in [0.1, 0.15) is 42.6 Å². The van der Waals surface area contributed by atoms with E-state index in [-0.39, 0.29) is 5.78 Å². The van der Waals surface area contributed by atoms with Gasteiger partial charge in [-0.25, -0.2) is 0 Å². The summed E-state index contributed by atoms with van der Waals surface area (Å²) in [5.41, 5.74) is 6.09. The van der Waals surface area contributed by atoms with Crippen LogP contribution >= 0.6 is 15.9 Å². The molecule has 0 saturated heterocycles. The second-order valence-corrected chi connectivity index (χ2v) is 5.29. The molecule has 5 nitrogen and oxygen atoms in total. The Labute approximate surface area is 122 Å². The number of carbonyl (C=O) groups excluding carboxylic acids is 1. The minimum atomic E-state index is 0.133. The maximum atomic E-state index is 12.2. The molecule has 19 heavy (non-hydrogen) atoms. The summed E-state index contributed by atoms with van der Waals surface area (Å²) < 4.78 is 7.48. The molecule has 1 aromatic rings. The number of nitrogens with two attached hydrogens (primary N) is 1. The first-order valence-electron chi connectivity index (χ1n) is 6.64. The molecule has 0 aromatic carbocycles. The van der Waals surface area contributed by atoms with Gasteiger partial charge in [0, 0.05) is 13.5 Å². The van der Waals surface area contributed by atoms with Crippen LogP contribution in [-0.2, 0) is 11.3 Å². The number of aromatic nitrogens is 2. The van der Waals surface area contributed by atoms with Gasteiger partial charge in [0.2, 0.25) is 0 Å². The number of Topliss-reactive ketones (excluding diaryl/α,β-unsaturated/α-hetero) is 1. The molecule has 0 radical (unpaired) electrons. The Balaban J connectivity index is 2.48. The smallest absolute Gasteiger partial charge is 0.182 e. The van der Waals surface area contributed by atoms with E-state index >= 15 is 0 Å². The van der Waals surface area contributed by atoms with Crippen LogP contribution in [0.15, 0.2) is 10.7 Å². The first-order valence-corrected chi connectivity index (χ1v) is 7.43. The summed E-state index contributed by atoms with van der Waals surface area (Å²) >= 11 is 3.38. The molecule has 0 spiro atoms. The summed E-state index contributed by atoms with van der Waals surface area (Å²) in [4.78, 5) is 12.2. The van der Waals surface area contributed by atoms with Crippen molar-refractivity contribution < 1.29 is 9.53 Å². The van der Waals surface area contributed by atoms with Crippen LogP contribution in [0.5, 0.6) is 0 Å². The van der Waals surface area contributed by atoms with Gasteiger partial charge < -0.3 is 10.5 Å². The van der Waals surface area contributed by atoms with E-state index in [0.29, 0.717) is 25.3 Å². The number of nitrogens with zero attached hydrogens (tertiary/aromatic N) is 2. The number of ketones is 1. The van der Waals surface area contributed by atoms with Crippen molar-refractivity contribution in [3.05, 3.63) is 16.4 Å². The molecule has 1 aromatic heterocycles. The van der Waals surface area contributed by atoms with E-state index in [1.807, 2.05) is 0 Å². The Morgan fingerprint density at radius 1 is 1.42 bits per heavy atom. The number of unbranched alkanes of at least 4 members (excludes halogenated alkanes) is 3. The normalized spacial score (nSPS) is 10.9. The van der Waals surface area contributed by atoms with Crippen LogP contribution in [-0.4, -0.2) is 35.8 Å². The molecule has 0 atom stereocenters. The second-order valence-electron chi connectivity index (χ2n) is 4.43. The number of methoxy groups -OCH3 is 1. The molecular formula is C13H22BrN3O2. The van der Waals surface area contributed by atoms with E-state index in [0.717, 1.165) is 36.7 Å². The highest BCUT2D eigenvalue weighted by Crippen LogP contribution is 2.19. The van der Waals surface area contributed by atoms with Crippen molar-refractivity contribution in [3.63, 3.8) is 0 Å². The Bertz CT molecular complexity index is 393. The lowest BCUT2D eigenvalue weighted by Crippen LogP contribution is -2.14. The summed E-state index contributed by atoms with van der Waals surface area (Å²) in [6.45, 7) is 1.87. The molecule has 0 aliphatic heterocycles. The summed E-state index contributed by atoms with van der Waals surface area (Å²) in [6, 6.07) is 0. The third kappa shape index (κ3) is 5.42. The summed E-state index contributed by atoms with van der Waals surface area (Å²) in [5.74, 6) is 0.133. The van der Waals surface area contributed by atoms with Crippen LogP contribution < -0.4 is 5.73 Å². The van der Waals surface area contributed by atoms with Crippen LogP contribution in [0.3, 0.4) is 0 Å². The number of halogens is 1. The van der Waals surface area contributed by atoms with Crippen molar-refractivity contribution in [2.75, 3.05) is 20.3 Å². The SMILES string of the molecule is COCCn1ncc(Br)c1C(=O)CCCCCCN. The van der Waals surface area contributed by atoms with Crippen molar-refractivity contribution in [2.45, 2.75) is 38.6 Å². The average Bonchev–Trinajstić information content (AvgIpc) is 2.77. The number of carbonyl (C=O) groups is 1. The monoisotopic (exact) mass is 331 g/mol. The first kappa shape index (κ1) is 16.3. The lowest BCUT2D eigenvalue weighted by atomic mass is 10.1. The summed E-state index contributed by atoms with van der Waals surface area (Å²) in [6.07, 6.45) is 6.30. The highest BCUT2D eigenvalue weighted by Gasteiger charge is 2.16. The average molecular weight is 332 g/mol. The fraction of sp³-hybridized carbons (Fsp3) is 0.692. The number of hydrogen-bond acceptors (Lipinski definition) is 4. The predicted octanol–water partition coefficient (Wildman–Crippen LogP) is 2.38. The highest BCUT2D eigenvalue weighted by molar-refractivity contribution is 9.10. The van der Waals surface area contributed by atoms with Gasteiger partial charge in [-0.1, -0.05) is 12.8 Å². The van der Waals surface area contributed by atoms with Crippen molar-refractivity contribution in [1.29, 1.82) is 0 Å². The zero-order valence-electron chi connectivity index (χ0n) is 11.4. The fourth-order valence-electron chi connectivity index (χ4n) is 1.89.